The second-order valence-corrected chi connectivity index (χ2v) is 5.86. The van der Waals surface area contributed by atoms with E-state index in [9.17, 15) is 5.11 Å². The standard InChI is InChI=1S/C15H22BrNO4/c16-13-1-3-15(4-2-13)21-10-9-20-12-14(18)11-17-5-7-19-8-6-17/h1-4,14,18H,5-12H2/t14-/m1/s1. The van der Waals surface area contributed by atoms with Crippen LogP contribution in [0, 0.1) is 0 Å². The average Bonchev–Trinajstić information content (AvgIpc) is 2.50. The molecule has 0 aliphatic carbocycles. The Morgan fingerprint density at radius 1 is 1.19 bits per heavy atom. The van der Waals surface area contributed by atoms with Crippen LogP contribution in [-0.4, -0.2) is 68.8 Å². The number of benzene rings is 1. The summed E-state index contributed by atoms with van der Waals surface area (Å²) < 4.78 is 17.3. The van der Waals surface area contributed by atoms with Crippen molar-refractivity contribution >= 4 is 15.9 Å². The predicted molar refractivity (Wildman–Crippen MR) is 83.7 cm³/mol. The van der Waals surface area contributed by atoms with Crippen molar-refractivity contribution in [1.82, 2.24) is 4.90 Å². The Labute approximate surface area is 133 Å². The second-order valence-electron chi connectivity index (χ2n) is 4.94. The molecule has 1 saturated heterocycles. The number of aliphatic hydroxyl groups is 1. The first-order valence-electron chi connectivity index (χ1n) is 7.18. The Balaban J connectivity index is 1.51. The van der Waals surface area contributed by atoms with Crippen LogP contribution in [0.1, 0.15) is 0 Å². The number of β-amino-alcohol motifs (C(OH)–C–C–N with tert-alkyl or cyclic N) is 1. The molecule has 5 nitrogen and oxygen atoms in total. The summed E-state index contributed by atoms with van der Waals surface area (Å²) in [6, 6.07) is 7.67. The van der Waals surface area contributed by atoms with Crippen LogP contribution in [0.4, 0.5) is 0 Å². The number of morpholine rings is 1. The lowest BCUT2D eigenvalue weighted by atomic mass is 10.3. The molecule has 6 heteroatoms. The van der Waals surface area contributed by atoms with E-state index in [1.54, 1.807) is 0 Å². The van der Waals surface area contributed by atoms with Crippen LogP contribution in [0.5, 0.6) is 5.75 Å². The Morgan fingerprint density at radius 2 is 1.90 bits per heavy atom. The van der Waals surface area contributed by atoms with Gasteiger partial charge in [0.15, 0.2) is 0 Å². The van der Waals surface area contributed by atoms with E-state index in [1.165, 1.54) is 0 Å². The highest BCUT2D eigenvalue weighted by atomic mass is 79.9. The summed E-state index contributed by atoms with van der Waals surface area (Å²) in [4.78, 5) is 2.19. The minimum absolute atomic E-state index is 0.334. The highest BCUT2D eigenvalue weighted by Gasteiger charge is 2.14. The molecule has 2 rings (SSSR count). The summed E-state index contributed by atoms with van der Waals surface area (Å²) >= 11 is 3.38. The lowest BCUT2D eigenvalue weighted by Gasteiger charge is -2.28. The van der Waals surface area contributed by atoms with E-state index in [2.05, 4.69) is 20.8 Å². The zero-order chi connectivity index (χ0) is 14.9. The van der Waals surface area contributed by atoms with E-state index in [-0.39, 0.29) is 0 Å². The van der Waals surface area contributed by atoms with Gasteiger partial charge in [-0.15, -0.1) is 0 Å². The summed E-state index contributed by atoms with van der Waals surface area (Å²) in [5, 5.41) is 9.89. The number of hydrogen-bond donors (Lipinski definition) is 1. The molecule has 0 aromatic heterocycles. The third-order valence-corrected chi connectivity index (χ3v) is 3.72. The monoisotopic (exact) mass is 359 g/mol. The molecule has 1 fully saturated rings. The molecule has 0 saturated carbocycles. The van der Waals surface area contributed by atoms with Gasteiger partial charge in [-0.1, -0.05) is 15.9 Å². The van der Waals surface area contributed by atoms with Crippen LogP contribution >= 0.6 is 15.9 Å². The smallest absolute Gasteiger partial charge is 0.119 e. The first kappa shape index (κ1) is 16.7. The zero-order valence-corrected chi connectivity index (χ0v) is 13.6. The van der Waals surface area contributed by atoms with Gasteiger partial charge in [0.2, 0.25) is 0 Å². The molecule has 0 amide bonds. The third kappa shape index (κ3) is 6.76. The van der Waals surface area contributed by atoms with Gasteiger partial charge in [0, 0.05) is 24.1 Å². The fraction of sp³-hybridized carbons (Fsp3) is 0.600. The van der Waals surface area contributed by atoms with Crippen molar-refractivity contribution in [1.29, 1.82) is 0 Å². The fourth-order valence-electron chi connectivity index (χ4n) is 2.10. The van der Waals surface area contributed by atoms with E-state index in [0.717, 1.165) is 36.5 Å². The number of halogens is 1. The molecule has 1 aliphatic heterocycles. The highest BCUT2D eigenvalue weighted by molar-refractivity contribution is 9.10. The summed E-state index contributed by atoms with van der Waals surface area (Å²) in [5.41, 5.74) is 0. The van der Waals surface area contributed by atoms with Crippen molar-refractivity contribution < 1.29 is 19.3 Å². The molecule has 118 valence electrons. The third-order valence-electron chi connectivity index (χ3n) is 3.19. The van der Waals surface area contributed by atoms with Crippen LogP contribution in [0.15, 0.2) is 28.7 Å². The largest absolute Gasteiger partial charge is 0.491 e. The molecule has 1 N–H and O–H groups in total. The molecule has 1 heterocycles. The predicted octanol–water partition coefficient (Wildman–Crippen LogP) is 1.54. The van der Waals surface area contributed by atoms with Crippen molar-refractivity contribution in [3.63, 3.8) is 0 Å². The minimum atomic E-state index is -0.462. The van der Waals surface area contributed by atoms with Gasteiger partial charge in [0.1, 0.15) is 12.4 Å². The Kier molecular flexibility index (Phi) is 7.46. The van der Waals surface area contributed by atoms with Crippen molar-refractivity contribution in [2.75, 3.05) is 52.7 Å². The maximum atomic E-state index is 9.89. The van der Waals surface area contributed by atoms with Crippen LogP contribution in [0.2, 0.25) is 0 Å². The molecular formula is C15H22BrNO4. The molecule has 0 unspecified atom stereocenters. The van der Waals surface area contributed by atoms with Gasteiger partial charge in [-0.3, -0.25) is 4.90 Å². The van der Waals surface area contributed by atoms with E-state index >= 15 is 0 Å². The fourth-order valence-corrected chi connectivity index (χ4v) is 2.37. The van der Waals surface area contributed by atoms with Gasteiger partial charge in [-0.25, -0.2) is 0 Å². The molecule has 0 radical (unpaired) electrons. The quantitative estimate of drug-likeness (QED) is 0.713. The van der Waals surface area contributed by atoms with Crippen molar-refractivity contribution in [2.24, 2.45) is 0 Å². The molecule has 0 bridgehead atoms. The topological polar surface area (TPSA) is 51.2 Å². The van der Waals surface area contributed by atoms with Gasteiger partial charge >= 0.3 is 0 Å². The molecular weight excluding hydrogens is 338 g/mol. The van der Waals surface area contributed by atoms with Gasteiger partial charge < -0.3 is 19.3 Å². The summed E-state index contributed by atoms with van der Waals surface area (Å²) in [6.45, 7) is 5.16. The second kappa shape index (κ2) is 9.38. The molecule has 1 atom stereocenters. The lowest BCUT2D eigenvalue weighted by Crippen LogP contribution is -2.42. The maximum Gasteiger partial charge on any atom is 0.119 e. The number of hydrogen-bond acceptors (Lipinski definition) is 5. The number of rotatable bonds is 8. The van der Waals surface area contributed by atoms with Crippen LogP contribution in [0.3, 0.4) is 0 Å². The summed E-state index contributed by atoms with van der Waals surface area (Å²) in [5.74, 6) is 0.815. The van der Waals surface area contributed by atoms with E-state index in [4.69, 9.17) is 14.2 Å². The van der Waals surface area contributed by atoms with E-state index in [1.807, 2.05) is 24.3 Å². The van der Waals surface area contributed by atoms with Crippen LogP contribution < -0.4 is 4.74 Å². The molecule has 21 heavy (non-hydrogen) atoms. The number of aliphatic hydroxyl groups excluding tert-OH is 1. The zero-order valence-electron chi connectivity index (χ0n) is 12.0. The van der Waals surface area contributed by atoms with Crippen LogP contribution in [-0.2, 0) is 9.47 Å². The van der Waals surface area contributed by atoms with Crippen molar-refractivity contribution in [3.8, 4) is 5.75 Å². The van der Waals surface area contributed by atoms with Crippen LogP contribution in [0.25, 0.3) is 0 Å². The maximum absolute atomic E-state index is 9.89. The van der Waals surface area contributed by atoms with Gasteiger partial charge in [0.25, 0.3) is 0 Å². The molecule has 0 spiro atoms. The van der Waals surface area contributed by atoms with Gasteiger partial charge in [-0.2, -0.15) is 0 Å². The normalized spacial score (nSPS) is 17.6. The molecule has 1 aromatic carbocycles. The van der Waals surface area contributed by atoms with Crippen molar-refractivity contribution in [2.45, 2.75) is 6.10 Å². The number of nitrogens with zero attached hydrogens (tertiary/aromatic N) is 1. The first-order chi connectivity index (χ1) is 10.2. The summed E-state index contributed by atoms with van der Waals surface area (Å²) in [7, 11) is 0. The van der Waals surface area contributed by atoms with E-state index in [0.29, 0.717) is 26.4 Å². The Hall–Kier alpha value is -0.660. The van der Waals surface area contributed by atoms with Gasteiger partial charge in [0.05, 0.1) is 32.5 Å². The SMILES string of the molecule is O[C@@H](COCCOc1ccc(Br)cc1)CN1CCOCC1. The van der Waals surface area contributed by atoms with Crippen molar-refractivity contribution in [3.05, 3.63) is 28.7 Å². The first-order valence-corrected chi connectivity index (χ1v) is 7.97. The molecule has 1 aliphatic rings. The Morgan fingerprint density at radius 3 is 2.62 bits per heavy atom. The highest BCUT2D eigenvalue weighted by Crippen LogP contribution is 2.15. The Bertz CT molecular complexity index is 395. The van der Waals surface area contributed by atoms with E-state index < -0.39 is 6.10 Å². The number of ether oxygens (including phenoxy) is 3. The lowest BCUT2D eigenvalue weighted by molar-refractivity contribution is -0.0178. The molecule has 1 aromatic rings. The summed E-state index contributed by atoms with van der Waals surface area (Å²) in [6.07, 6.45) is -0.462. The minimum Gasteiger partial charge on any atom is -0.491 e. The van der Waals surface area contributed by atoms with Gasteiger partial charge in [-0.05, 0) is 24.3 Å². The average molecular weight is 360 g/mol.